The molecule has 1 aromatic rings. The molecule has 1 saturated carbocycles. The minimum atomic E-state index is 0.190. The smallest absolute Gasteiger partial charge is 0.0825 e. The normalized spacial score (nSPS) is 21.6. The first kappa shape index (κ1) is 12.6. The zero-order valence-corrected chi connectivity index (χ0v) is 11.5. The maximum absolute atomic E-state index is 4.38. The highest BCUT2D eigenvalue weighted by atomic mass is 15.5. The van der Waals surface area contributed by atoms with E-state index in [1.807, 2.05) is 0 Å². The quantitative estimate of drug-likeness (QED) is 0.742. The van der Waals surface area contributed by atoms with Gasteiger partial charge in [0.25, 0.3) is 0 Å². The molecule has 1 aliphatic carbocycles. The molecule has 96 valence electrons. The number of rotatable bonds is 1. The van der Waals surface area contributed by atoms with E-state index >= 15 is 0 Å². The van der Waals surface area contributed by atoms with Gasteiger partial charge in [0.2, 0.25) is 0 Å². The molecule has 17 heavy (non-hydrogen) atoms. The Morgan fingerprint density at radius 1 is 0.941 bits per heavy atom. The van der Waals surface area contributed by atoms with E-state index < -0.39 is 0 Å². The predicted octanol–water partition coefficient (Wildman–Crippen LogP) is 3.74. The van der Waals surface area contributed by atoms with Gasteiger partial charge >= 0.3 is 0 Å². The van der Waals surface area contributed by atoms with Crippen molar-refractivity contribution in [3.05, 3.63) is 11.4 Å². The molecule has 0 radical (unpaired) electrons. The number of aromatic nitrogens is 3. The Morgan fingerprint density at radius 3 is 1.94 bits per heavy atom. The fraction of sp³-hybridized carbons (Fsp3) is 0.857. The summed E-state index contributed by atoms with van der Waals surface area (Å²) in [6.45, 7) is 6.56. The van der Waals surface area contributed by atoms with Crippen LogP contribution in [-0.4, -0.2) is 15.0 Å². The molecule has 0 aromatic carbocycles. The lowest BCUT2D eigenvalue weighted by Crippen LogP contribution is -2.32. The van der Waals surface area contributed by atoms with Crippen LogP contribution in [0.2, 0.25) is 0 Å². The number of nitrogens with zero attached hydrogens (tertiary/aromatic N) is 3. The Hall–Kier alpha value is -0.860. The molecule has 2 rings (SSSR count). The van der Waals surface area contributed by atoms with Crippen LogP contribution in [0.15, 0.2) is 0 Å². The van der Waals surface area contributed by atoms with Crippen molar-refractivity contribution < 1.29 is 0 Å². The maximum atomic E-state index is 4.38. The van der Waals surface area contributed by atoms with Crippen molar-refractivity contribution in [1.82, 2.24) is 15.0 Å². The second kappa shape index (κ2) is 5.19. The van der Waals surface area contributed by atoms with Crippen LogP contribution in [0.25, 0.3) is 0 Å². The standard InChI is InChI=1S/C14H25N3/c1-12-13(2)17(16-15-12)14(3)10-8-6-4-5-7-9-11-14/h4-11H2,1-3H3. The summed E-state index contributed by atoms with van der Waals surface area (Å²) in [5.41, 5.74) is 2.51. The summed E-state index contributed by atoms with van der Waals surface area (Å²) in [6.07, 6.45) is 10.7. The van der Waals surface area contributed by atoms with Gasteiger partial charge in [-0.15, -0.1) is 5.10 Å². The molecule has 0 saturated heterocycles. The van der Waals surface area contributed by atoms with Crippen LogP contribution in [0.4, 0.5) is 0 Å². The third-order valence-corrected chi connectivity index (χ3v) is 4.32. The van der Waals surface area contributed by atoms with E-state index in [9.17, 15) is 0 Å². The van der Waals surface area contributed by atoms with Gasteiger partial charge < -0.3 is 0 Å². The molecular weight excluding hydrogens is 210 g/mol. The summed E-state index contributed by atoms with van der Waals surface area (Å²) in [5, 5.41) is 8.61. The number of aryl methyl sites for hydroxylation is 1. The van der Waals surface area contributed by atoms with Gasteiger partial charge in [0.15, 0.2) is 0 Å². The molecule has 1 heterocycles. The van der Waals surface area contributed by atoms with Crippen molar-refractivity contribution in [3.8, 4) is 0 Å². The average Bonchev–Trinajstić information content (AvgIpc) is 2.68. The number of hydrogen-bond acceptors (Lipinski definition) is 2. The molecule has 0 atom stereocenters. The Balaban J connectivity index is 2.21. The molecule has 0 unspecified atom stereocenters. The lowest BCUT2D eigenvalue weighted by Gasteiger charge is -2.30. The largest absolute Gasteiger partial charge is 0.244 e. The van der Waals surface area contributed by atoms with Crippen LogP contribution < -0.4 is 0 Å². The van der Waals surface area contributed by atoms with Crippen LogP contribution in [0.5, 0.6) is 0 Å². The highest BCUT2D eigenvalue weighted by Crippen LogP contribution is 2.32. The Kier molecular flexibility index (Phi) is 3.85. The number of hydrogen-bond donors (Lipinski definition) is 0. The molecule has 3 heteroatoms. The van der Waals surface area contributed by atoms with Crippen molar-refractivity contribution >= 4 is 0 Å². The molecule has 0 spiro atoms. The molecule has 0 bridgehead atoms. The van der Waals surface area contributed by atoms with E-state index in [0.29, 0.717) is 0 Å². The zero-order chi connectivity index (χ0) is 12.3. The van der Waals surface area contributed by atoms with Gasteiger partial charge in [-0.05, 0) is 33.6 Å². The Morgan fingerprint density at radius 2 is 1.47 bits per heavy atom. The van der Waals surface area contributed by atoms with Gasteiger partial charge in [0.1, 0.15) is 0 Å². The molecule has 1 aromatic heterocycles. The van der Waals surface area contributed by atoms with E-state index in [0.717, 1.165) is 5.69 Å². The zero-order valence-electron chi connectivity index (χ0n) is 11.5. The third kappa shape index (κ3) is 2.70. The second-order valence-electron chi connectivity index (χ2n) is 5.79. The van der Waals surface area contributed by atoms with Crippen LogP contribution in [-0.2, 0) is 5.54 Å². The van der Waals surface area contributed by atoms with Crippen LogP contribution in [0.3, 0.4) is 0 Å². The minimum absolute atomic E-state index is 0.190. The molecule has 1 aliphatic rings. The molecule has 1 fully saturated rings. The molecule has 3 nitrogen and oxygen atoms in total. The SMILES string of the molecule is Cc1nnn(C2(C)CCCCCCCC2)c1C. The van der Waals surface area contributed by atoms with Crippen molar-refractivity contribution in [3.63, 3.8) is 0 Å². The first-order valence-corrected chi connectivity index (χ1v) is 7.03. The minimum Gasteiger partial charge on any atom is -0.244 e. The fourth-order valence-corrected chi connectivity index (χ4v) is 2.97. The monoisotopic (exact) mass is 235 g/mol. The van der Waals surface area contributed by atoms with Gasteiger partial charge in [-0.2, -0.15) is 0 Å². The van der Waals surface area contributed by atoms with E-state index in [2.05, 4.69) is 35.8 Å². The van der Waals surface area contributed by atoms with Crippen molar-refractivity contribution in [2.45, 2.75) is 77.7 Å². The summed E-state index contributed by atoms with van der Waals surface area (Å²) in [6, 6.07) is 0. The predicted molar refractivity (Wildman–Crippen MR) is 70.1 cm³/mol. The van der Waals surface area contributed by atoms with Crippen molar-refractivity contribution in [2.75, 3.05) is 0 Å². The van der Waals surface area contributed by atoms with Gasteiger partial charge in [-0.25, -0.2) is 4.68 Å². The van der Waals surface area contributed by atoms with Crippen LogP contribution in [0, 0.1) is 13.8 Å². The van der Waals surface area contributed by atoms with Crippen molar-refractivity contribution in [2.24, 2.45) is 0 Å². The summed E-state index contributed by atoms with van der Waals surface area (Å²) in [7, 11) is 0. The molecule has 0 aliphatic heterocycles. The van der Waals surface area contributed by atoms with Gasteiger partial charge in [-0.3, -0.25) is 0 Å². The summed E-state index contributed by atoms with van der Waals surface area (Å²) < 4.78 is 2.19. The van der Waals surface area contributed by atoms with Gasteiger partial charge in [0.05, 0.1) is 16.9 Å². The third-order valence-electron chi connectivity index (χ3n) is 4.32. The first-order chi connectivity index (χ1) is 8.13. The highest BCUT2D eigenvalue weighted by Gasteiger charge is 2.29. The Labute approximate surface area is 105 Å². The lowest BCUT2D eigenvalue weighted by molar-refractivity contribution is 0.225. The summed E-state index contributed by atoms with van der Waals surface area (Å²) in [4.78, 5) is 0. The summed E-state index contributed by atoms with van der Waals surface area (Å²) in [5.74, 6) is 0. The van der Waals surface area contributed by atoms with E-state index in [1.54, 1.807) is 0 Å². The fourth-order valence-electron chi connectivity index (χ4n) is 2.97. The van der Waals surface area contributed by atoms with Crippen LogP contribution >= 0.6 is 0 Å². The van der Waals surface area contributed by atoms with E-state index in [1.165, 1.54) is 57.1 Å². The molecule has 0 amide bonds. The van der Waals surface area contributed by atoms with Gasteiger partial charge in [-0.1, -0.05) is 43.7 Å². The van der Waals surface area contributed by atoms with Crippen molar-refractivity contribution in [1.29, 1.82) is 0 Å². The lowest BCUT2D eigenvalue weighted by atomic mass is 9.89. The average molecular weight is 235 g/mol. The highest BCUT2D eigenvalue weighted by molar-refractivity contribution is 5.07. The van der Waals surface area contributed by atoms with Gasteiger partial charge in [0, 0.05) is 0 Å². The maximum Gasteiger partial charge on any atom is 0.0825 e. The topological polar surface area (TPSA) is 30.7 Å². The Bertz CT molecular complexity index is 358. The summed E-state index contributed by atoms with van der Waals surface area (Å²) >= 11 is 0. The first-order valence-electron chi connectivity index (χ1n) is 7.03. The van der Waals surface area contributed by atoms with E-state index in [4.69, 9.17) is 0 Å². The van der Waals surface area contributed by atoms with E-state index in [-0.39, 0.29) is 5.54 Å². The molecular formula is C14H25N3. The molecule has 0 N–H and O–H groups in total. The second-order valence-corrected chi connectivity index (χ2v) is 5.79. The van der Waals surface area contributed by atoms with Crippen LogP contribution in [0.1, 0.15) is 69.7 Å².